The average Bonchev–Trinajstić information content (AvgIpc) is 2.37. The van der Waals surface area contributed by atoms with Gasteiger partial charge < -0.3 is 15.8 Å². The summed E-state index contributed by atoms with van der Waals surface area (Å²) in [6.07, 6.45) is 2.15. The van der Waals surface area contributed by atoms with Crippen LogP contribution in [0.1, 0.15) is 32.3 Å². The quantitative estimate of drug-likeness (QED) is 0.344. The van der Waals surface area contributed by atoms with Crippen LogP contribution < -0.4 is 10.6 Å². The fourth-order valence-corrected chi connectivity index (χ4v) is 1.91. The first-order valence-corrected chi connectivity index (χ1v) is 6.06. The van der Waals surface area contributed by atoms with Gasteiger partial charge in [0, 0.05) is 24.3 Å². The maximum atomic E-state index is 8.80. The van der Waals surface area contributed by atoms with Crippen LogP contribution in [0.25, 0.3) is 0 Å². The van der Waals surface area contributed by atoms with Gasteiger partial charge in [0.2, 0.25) is 0 Å². The number of nitrogens with zero attached hydrogens (tertiary/aromatic N) is 2. The Hall–Kier alpha value is -1.71. The zero-order valence-corrected chi connectivity index (χ0v) is 10.6. The number of amidine groups is 1. The third kappa shape index (κ3) is 3.37. The first-order valence-electron chi connectivity index (χ1n) is 6.06. The Morgan fingerprint density at radius 3 is 2.35 bits per heavy atom. The number of hydrogen-bond donors (Lipinski definition) is 2. The second-order valence-electron chi connectivity index (χ2n) is 3.99. The minimum absolute atomic E-state index is 0.165. The van der Waals surface area contributed by atoms with E-state index in [2.05, 4.69) is 23.9 Å². The van der Waals surface area contributed by atoms with Crippen LogP contribution in [-0.4, -0.2) is 24.1 Å². The van der Waals surface area contributed by atoms with E-state index in [-0.39, 0.29) is 5.84 Å². The van der Waals surface area contributed by atoms with Crippen molar-refractivity contribution in [3.05, 3.63) is 29.8 Å². The second-order valence-corrected chi connectivity index (χ2v) is 3.99. The molecule has 0 saturated heterocycles. The van der Waals surface area contributed by atoms with Crippen LogP contribution in [0.2, 0.25) is 0 Å². The third-order valence-corrected chi connectivity index (χ3v) is 2.62. The van der Waals surface area contributed by atoms with E-state index in [9.17, 15) is 0 Å². The minimum atomic E-state index is 0.165. The highest BCUT2D eigenvalue weighted by atomic mass is 16.4. The highest BCUT2D eigenvalue weighted by Gasteiger charge is 2.11. The van der Waals surface area contributed by atoms with Crippen molar-refractivity contribution in [2.75, 3.05) is 18.0 Å². The van der Waals surface area contributed by atoms with E-state index in [1.54, 1.807) is 0 Å². The molecule has 0 saturated carbocycles. The normalized spacial score (nSPS) is 11.5. The Labute approximate surface area is 103 Å². The number of para-hydroxylation sites is 1. The van der Waals surface area contributed by atoms with Crippen molar-refractivity contribution in [1.82, 2.24) is 0 Å². The highest BCUT2D eigenvalue weighted by molar-refractivity contribution is 6.02. The van der Waals surface area contributed by atoms with E-state index in [1.807, 2.05) is 24.3 Å². The lowest BCUT2D eigenvalue weighted by molar-refractivity contribution is 0.318. The molecule has 0 atom stereocenters. The molecular weight excluding hydrogens is 214 g/mol. The largest absolute Gasteiger partial charge is 0.409 e. The minimum Gasteiger partial charge on any atom is -0.409 e. The number of rotatable bonds is 6. The Bertz CT molecular complexity index is 371. The predicted molar refractivity (Wildman–Crippen MR) is 71.7 cm³/mol. The zero-order valence-electron chi connectivity index (χ0n) is 10.6. The molecule has 0 aromatic heterocycles. The molecule has 0 spiro atoms. The summed E-state index contributed by atoms with van der Waals surface area (Å²) in [7, 11) is 0. The fraction of sp³-hybridized carbons (Fsp3) is 0.462. The topological polar surface area (TPSA) is 61.8 Å². The van der Waals surface area contributed by atoms with Gasteiger partial charge in [-0.1, -0.05) is 31.1 Å². The summed E-state index contributed by atoms with van der Waals surface area (Å²) >= 11 is 0. The van der Waals surface area contributed by atoms with Crippen molar-refractivity contribution in [3.8, 4) is 0 Å². The van der Waals surface area contributed by atoms with Crippen molar-refractivity contribution >= 4 is 11.5 Å². The SMILES string of the molecule is CCCN(CCC)c1ccccc1C(N)=NO. The molecule has 94 valence electrons. The van der Waals surface area contributed by atoms with Gasteiger partial charge in [-0.25, -0.2) is 0 Å². The van der Waals surface area contributed by atoms with Crippen molar-refractivity contribution < 1.29 is 5.21 Å². The van der Waals surface area contributed by atoms with E-state index in [4.69, 9.17) is 10.9 Å². The molecule has 0 amide bonds. The van der Waals surface area contributed by atoms with Crippen molar-refractivity contribution in [1.29, 1.82) is 0 Å². The second kappa shape index (κ2) is 6.78. The number of hydrogen-bond acceptors (Lipinski definition) is 3. The Morgan fingerprint density at radius 2 is 1.82 bits per heavy atom. The lowest BCUT2D eigenvalue weighted by Gasteiger charge is -2.25. The van der Waals surface area contributed by atoms with Gasteiger partial charge in [-0.05, 0) is 25.0 Å². The highest BCUT2D eigenvalue weighted by Crippen LogP contribution is 2.20. The van der Waals surface area contributed by atoms with Crippen molar-refractivity contribution in [2.45, 2.75) is 26.7 Å². The van der Waals surface area contributed by atoms with Gasteiger partial charge >= 0.3 is 0 Å². The Balaban J connectivity index is 3.08. The van der Waals surface area contributed by atoms with Gasteiger partial charge in [0.25, 0.3) is 0 Å². The van der Waals surface area contributed by atoms with Gasteiger partial charge in [-0.3, -0.25) is 0 Å². The molecule has 0 fully saturated rings. The van der Waals surface area contributed by atoms with Gasteiger partial charge in [0.1, 0.15) is 0 Å². The maximum absolute atomic E-state index is 8.80. The van der Waals surface area contributed by atoms with E-state index < -0.39 is 0 Å². The summed E-state index contributed by atoms with van der Waals surface area (Å²) in [6, 6.07) is 7.76. The van der Waals surface area contributed by atoms with Crippen LogP contribution in [0.5, 0.6) is 0 Å². The zero-order chi connectivity index (χ0) is 12.7. The molecule has 0 aliphatic rings. The van der Waals surface area contributed by atoms with Gasteiger partial charge in [0.15, 0.2) is 5.84 Å². The summed E-state index contributed by atoms with van der Waals surface area (Å²) in [5.41, 5.74) is 7.52. The first-order chi connectivity index (χ1) is 8.24. The van der Waals surface area contributed by atoms with Crippen LogP contribution >= 0.6 is 0 Å². The molecule has 0 heterocycles. The van der Waals surface area contributed by atoms with Crippen LogP contribution in [0.4, 0.5) is 5.69 Å². The van der Waals surface area contributed by atoms with Crippen LogP contribution in [0, 0.1) is 0 Å². The summed E-state index contributed by atoms with van der Waals surface area (Å²) < 4.78 is 0. The number of nitrogens with two attached hydrogens (primary N) is 1. The molecule has 4 nitrogen and oxygen atoms in total. The molecule has 1 rings (SSSR count). The van der Waals surface area contributed by atoms with Crippen molar-refractivity contribution in [2.24, 2.45) is 10.9 Å². The summed E-state index contributed by atoms with van der Waals surface area (Å²) in [5.74, 6) is 0.165. The maximum Gasteiger partial charge on any atom is 0.172 e. The predicted octanol–water partition coefficient (Wildman–Crippen LogP) is 2.41. The number of benzene rings is 1. The van der Waals surface area contributed by atoms with Crippen LogP contribution in [0.3, 0.4) is 0 Å². The molecule has 3 N–H and O–H groups in total. The smallest absolute Gasteiger partial charge is 0.172 e. The molecule has 0 radical (unpaired) electrons. The molecule has 1 aromatic rings. The van der Waals surface area contributed by atoms with Gasteiger partial charge in [-0.15, -0.1) is 0 Å². The Morgan fingerprint density at radius 1 is 1.24 bits per heavy atom. The van der Waals surface area contributed by atoms with Crippen LogP contribution in [0.15, 0.2) is 29.4 Å². The average molecular weight is 235 g/mol. The first kappa shape index (κ1) is 13.4. The third-order valence-electron chi connectivity index (χ3n) is 2.62. The summed E-state index contributed by atoms with van der Waals surface area (Å²) in [5, 5.41) is 11.9. The molecular formula is C13H21N3O. The molecule has 0 bridgehead atoms. The van der Waals surface area contributed by atoms with Crippen molar-refractivity contribution in [3.63, 3.8) is 0 Å². The van der Waals surface area contributed by atoms with Gasteiger partial charge in [0.05, 0.1) is 0 Å². The Kier molecular flexibility index (Phi) is 5.33. The molecule has 4 heteroatoms. The monoisotopic (exact) mass is 235 g/mol. The van der Waals surface area contributed by atoms with E-state index in [0.29, 0.717) is 0 Å². The lowest BCUT2D eigenvalue weighted by Crippen LogP contribution is -2.28. The number of oxime groups is 1. The lowest BCUT2D eigenvalue weighted by atomic mass is 10.1. The van der Waals surface area contributed by atoms with E-state index in [0.717, 1.165) is 37.2 Å². The van der Waals surface area contributed by atoms with Crippen LogP contribution in [-0.2, 0) is 0 Å². The molecule has 17 heavy (non-hydrogen) atoms. The molecule has 1 aromatic carbocycles. The molecule has 0 unspecified atom stereocenters. The van der Waals surface area contributed by atoms with E-state index in [1.165, 1.54) is 0 Å². The molecule has 0 aliphatic carbocycles. The summed E-state index contributed by atoms with van der Waals surface area (Å²) in [6.45, 7) is 6.25. The summed E-state index contributed by atoms with van der Waals surface area (Å²) in [4.78, 5) is 2.27. The standard InChI is InChI=1S/C13H21N3O/c1-3-9-16(10-4-2)12-8-6-5-7-11(12)13(14)15-17/h5-8,17H,3-4,9-10H2,1-2H3,(H2,14,15). The van der Waals surface area contributed by atoms with Gasteiger partial charge in [-0.2, -0.15) is 0 Å². The number of anilines is 1. The molecule has 0 aliphatic heterocycles. The van der Waals surface area contributed by atoms with E-state index >= 15 is 0 Å². The fourth-order valence-electron chi connectivity index (χ4n) is 1.91.